The van der Waals surface area contributed by atoms with E-state index >= 15 is 0 Å². The molecule has 2 fully saturated rings. The molecule has 0 saturated heterocycles. The van der Waals surface area contributed by atoms with E-state index in [-0.39, 0.29) is 36.9 Å². The molecule has 4 unspecified atom stereocenters. The smallest absolute Gasteiger partial charge is 0.0790 e. The second-order valence-electron chi connectivity index (χ2n) is 7.20. The van der Waals surface area contributed by atoms with E-state index in [0.717, 1.165) is 25.7 Å². The molecule has 0 amide bonds. The van der Waals surface area contributed by atoms with Gasteiger partial charge in [0.1, 0.15) is 0 Å². The molecule has 0 bridgehead atoms. The zero-order chi connectivity index (χ0) is 15.9. The minimum atomic E-state index is -0.307. The summed E-state index contributed by atoms with van der Waals surface area (Å²) in [4.78, 5) is 0.643. The van der Waals surface area contributed by atoms with Crippen LogP contribution in [0, 0.1) is 17.3 Å². The van der Waals surface area contributed by atoms with E-state index in [1.54, 1.807) is 0 Å². The van der Waals surface area contributed by atoms with Gasteiger partial charge in [-0.1, -0.05) is 77.6 Å². The van der Waals surface area contributed by atoms with E-state index in [1.165, 1.54) is 0 Å². The van der Waals surface area contributed by atoms with E-state index in [0.29, 0.717) is 11.8 Å². The lowest BCUT2D eigenvalue weighted by molar-refractivity contribution is 0.0153. The summed E-state index contributed by atoms with van der Waals surface area (Å²) in [6.07, 6.45) is 3.42. The molecule has 124 valence electrons. The molecule has 0 aromatic rings. The molecular formula is C15H24Br4O2. The number of rotatable bonds is 2. The van der Waals surface area contributed by atoms with Gasteiger partial charge in [0.25, 0.3) is 0 Å². The van der Waals surface area contributed by atoms with Crippen LogP contribution >= 0.6 is 63.7 Å². The van der Waals surface area contributed by atoms with Crippen LogP contribution in [0.25, 0.3) is 0 Å². The lowest BCUT2D eigenvalue weighted by Crippen LogP contribution is -2.49. The zero-order valence-corrected chi connectivity index (χ0v) is 18.7. The summed E-state index contributed by atoms with van der Waals surface area (Å²) in [6, 6.07) is 0. The van der Waals surface area contributed by atoms with Crippen LogP contribution in [0.5, 0.6) is 0 Å². The molecule has 0 aliphatic heterocycles. The van der Waals surface area contributed by atoms with Crippen molar-refractivity contribution in [3.8, 4) is 0 Å². The Labute approximate surface area is 161 Å². The summed E-state index contributed by atoms with van der Waals surface area (Å²) in [7, 11) is 0. The molecule has 4 atom stereocenters. The minimum Gasteiger partial charge on any atom is -0.391 e. The van der Waals surface area contributed by atoms with E-state index in [9.17, 15) is 10.2 Å². The molecule has 2 nitrogen and oxygen atoms in total. The minimum absolute atomic E-state index is 0.161. The Morgan fingerprint density at radius 1 is 0.667 bits per heavy atom. The largest absolute Gasteiger partial charge is 0.391 e. The maximum absolute atomic E-state index is 10.1. The third kappa shape index (κ3) is 4.09. The van der Waals surface area contributed by atoms with Crippen LogP contribution in [0.1, 0.15) is 39.5 Å². The van der Waals surface area contributed by atoms with Crippen LogP contribution in [0.4, 0.5) is 0 Å². The number of aliphatic hydroxyl groups is 2. The second kappa shape index (κ2) is 7.38. The van der Waals surface area contributed by atoms with E-state index in [1.807, 2.05) is 0 Å². The predicted molar refractivity (Wildman–Crippen MR) is 102 cm³/mol. The Morgan fingerprint density at radius 2 is 0.905 bits per heavy atom. The summed E-state index contributed by atoms with van der Waals surface area (Å²) in [5, 5.41) is 20.2. The highest BCUT2D eigenvalue weighted by Crippen LogP contribution is 2.51. The number of halogens is 4. The third-order valence-corrected chi connectivity index (χ3v) is 9.29. The Hall–Kier alpha value is 1.84. The second-order valence-corrected chi connectivity index (χ2v) is 11.9. The van der Waals surface area contributed by atoms with Gasteiger partial charge in [0.05, 0.1) is 12.2 Å². The van der Waals surface area contributed by atoms with Gasteiger partial charge in [-0.15, -0.1) is 0 Å². The molecule has 0 radical (unpaired) electrons. The van der Waals surface area contributed by atoms with Crippen LogP contribution in [0.2, 0.25) is 0 Å². The van der Waals surface area contributed by atoms with Gasteiger partial charge in [-0.2, -0.15) is 0 Å². The number of alkyl halides is 4. The number of aliphatic hydroxyl groups excluding tert-OH is 2. The molecule has 2 rings (SSSR count). The Kier molecular flexibility index (Phi) is 6.74. The predicted octanol–water partition coefficient (Wildman–Crippen LogP) is 4.61. The van der Waals surface area contributed by atoms with Gasteiger partial charge in [0, 0.05) is 19.3 Å². The first-order chi connectivity index (χ1) is 9.64. The van der Waals surface area contributed by atoms with Gasteiger partial charge >= 0.3 is 0 Å². The van der Waals surface area contributed by atoms with E-state index in [4.69, 9.17) is 0 Å². The van der Waals surface area contributed by atoms with Crippen molar-refractivity contribution in [2.24, 2.45) is 17.3 Å². The quantitative estimate of drug-likeness (QED) is 0.489. The first-order valence-electron chi connectivity index (χ1n) is 7.57. The van der Waals surface area contributed by atoms with Crippen molar-refractivity contribution in [2.45, 2.75) is 71.0 Å². The standard InChI is InChI=1S/C15H24Br4O2/c1-15(2,7-3-9(16)13(20)10(17)4-7)8-5-11(18)14(21)12(19)6-8/h7-14,20-21H,3-6H2,1-2H3. The summed E-state index contributed by atoms with van der Waals surface area (Å²) in [5.74, 6) is 1.13. The molecule has 0 spiro atoms. The van der Waals surface area contributed by atoms with Crippen LogP contribution in [0.3, 0.4) is 0 Å². The summed E-state index contributed by atoms with van der Waals surface area (Å²) < 4.78 is 0. The molecule has 2 aliphatic carbocycles. The van der Waals surface area contributed by atoms with Crippen molar-refractivity contribution in [3.63, 3.8) is 0 Å². The first-order valence-corrected chi connectivity index (χ1v) is 11.2. The van der Waals surface area contributed by atoms with E-state index < -0.39 is 0 Å². The average molecular weight is 556 g/mol. The highest BCUT2D eigenvalue weighted by atomic mass is 79.9. The maximum Gasteiger partial charge on any atom is 0.0790 e. The van der Waals surface area contributed by atoms with Crippen LogP contribution < -0.4 is 0 Å². The van der Waals surface area contributed by atoms with Crippen molar-refractivity contribution < 1.29 is 10.2 Å². The molecule has 6 heteroatoms. The lowest BCUT2D eigenvalue weighted by Gasteiger charge is -2.49. The van der Waals surface area contributed by atoms with Gasteiger partial charge in [0.15, 0.2) is 0 Å². The summed E-state index contributed by atoms with van der Waals surface area (Å²) in [6.45, 7) is 4.72. The van der Waals surface area contributed by atoms with E-state index in [2.05, 4.69) is 77.6 Å². The van der Waals surface area contributed by atoms with Gasteiger partial charge < -0.3 is 10.2 Å². The number of hydrogen-bond acceptors (Lipinski definition) is 2. The fraction of sp³-hybridized carbons (Fsp3) is 1.00. The lowest BCUT2D eigenvalue weighted by atomic mass is 9.60. The van der Waals surface area contributed by atoms with Gasteiger partial charge in [-0.25, -0.2) is 0 Å². The summed E-state index contributed by atoms with van der Waals surface area (Å²) >= 11 is 14.6. The fourth-order valence-corrected chi connectivity index (χ4v) is 7.94. The highest BCUT2D eigenvalue weighted by molar-refractivity contribution is 9.10. The van der Waals surface area contributed by atoms with Gasteiger partial charge in [0.2, 0.25) is 0 Å². The van der Waals surface area contributed by atoms with Crippen molar-refractivity contribution in [1.29, 1.82) is 0 Å². The number of hydrogen-bond donors (Lipinski definition) is 2. The van der Waals surface area contributed by atoms with Crippen molar-refractivity contribution in [2.75, 3.05) is 0 Å². The van der Waals surface area contributed by atoms with Crippen molar-refractivity contribution in [3.05, 3.63) is 0 Å². The zero-order valence-electron chi connectivity index (χ0n) is 12.4. The molecule has 2 saturated carbocycles. The Balaban J connectivity index is 2.10. The fourth-order valence-electron chi connectivity index (χ4n) is 3.84. The van der Waals surface area contributed by atoms with Crippen LogP contribution in [0.15, 0.2) is 0 Å². The molecule has 0 heterocycles. The van der Waals surface area contributed by atoms with Crippen molar-refractivity contribution >= 4 is 63.7 Å². The monoisotopic (exact) mass is 552 g/mol. The highest BCUT2D eigenvalue weighted by Gasteiger charge is 2.47. The van der Waals surface area contributed by atoms with Crippen molar-refractivity contribution in [1.82, 2.24) is 0 Å². The maximum atomic E-state index is 10.1. The SMILES string of the molecule is CC(C)(C1CC(Br)C(O)C(Br)C1)C1CC(Br)C(O)C(Br)C1. The molecule has 0 aromatic carbocycles. The normalized spacial score (nSPS) is 49.1. The third-order valence-electron chi connectivity index (χ3n) is 5.63. The Morgan fingerprint density at radius 3 is 1.14 bits per heavy atom. The molecule has 2 aliphatic rings. The molecular weight excluding hydrogens is 532 g/mol. The van der Waals surface area contributed by atoms with Gasteiger partial charge in [-0.3, -0.25) is 0 Å². The topological polar surface area (TPSA) is 40.5 Å². The molecule has 21 heavy (non-hydrogen) atoms. The average Bonchev–Trinajstić information content (AvgIpc) is 2.40. The molecule has 0 aromatic heterocycles. The first kappa shape index (κ1) is 19.2. The van der Waals surface area contributed by atoms with Crippen LogP contribution in [-0.4, -0.2) is 41.7 Å². The van der Waals surface area contributed by atoms with Gasteiger partial charge in [-0.05, 0) is 42.9 Å². The van der Waals surface area contributed by atoms with Crippen LogP contribution in [-0.2, 0) is 0 Å². The Bertz CT molecular complexity index is 310. The molecule has 2 N–H and O–H groups in total. The summed E-state index contributed by atoms with van der Waals surface area (Å²) in [5.41, 5.74) is 0.191.